The highest BCUT2D eigenvalue weighted by atomic mass is 32.2. The molecule has 2 amide bonds. The van der Waals surface area contributed by atoms with E-state index in [-0.39, 0.29) is 39.2 Å². The molecular formula is C21H15F3N4O3S. The molecule has 0 aliphatic carbocycles. The average molecular weight is 460 g/mol. The maximum absolute atomic E-state index is 14.0. The second-order valence-electron chi connectivity index (χ2n) is 7.27. The highest BCUT2D eigenvalue weighted by Crippen LogP contribution is 2.36. The molecular weight excluding hydrogens is 445 g/mol. The number of hydrogen-bond acceptors (Lipinski definition) is 4. The number of halogens is 3. The van der Waals surface area contributed by atoms with Gasteiger partial charge in [0, 0.05) is 18.3 Å². The van der Waals surface area contributed by atoms with Crippen LogP contribution in [0.5, 0.6) is 0 Å². The van der Waals surface area contributed by atoms with Crippen molar-refractivity contribution in [1.29, 1.82) is 5.26 Å². The Balaban J connectivity index is 1.76. The molecule has 2 aromatic carbocycles. The zero-order chi connectivity index (χ0) is 23.2. The number of amides is 2. The van der Waals surface area contributed by atoms with Crippen LogP contribution in [0, 0.1) is 28.8 Å². The van der Waals surface area contributed by atoms with E-state index < -0.39 is 46.3 Å². The number of carbonyl (C=O) groups excluding carboxylic acids is 1. The van der Waals surface area contributed by atoms with E-state index in [1.807, 2.05) is 0 Å². The number of nitrogens with zero attached hydrogens (tertiary/aromatic N) is 2. The summed E-state index contributed by atoms with van der Waals surface area (Å²) in [4.78, 5) is 29.0. The number of fused-ring (bicyclic) bond motifs is 3. The molecule has 4 rings (SSSR count). The third-order valence-corrected chi connectivity index (χ3v) is 6.59. The van der Waals surface area contributed by atoms with E-state index in [2.05, 4.69) is 10.3 Å². The van der Waals surface area contributed by atoms with Gasteiger partial charge in [0.2, 0.25) is 0 Å². The van der Waals surface area contributed by atoms with Crippen molar-refractivity contribution in [3.05, 3.63) is 75.0 Å². The maximum atomic E-state index is 14.0. The first-order chi connectivity index (χ1) is 15.2. The van der Waals surface area contributed by atoms with Gasteiger partial charge < -0.3 is 19.8 Å². The summed E-state index contributed by atoms with van der Waals surface area (Å²) in [5, 5.41) is 11.5. The molecule has 0 spiro atoms. The molecule has 3 aromatic rings. The summed E-state index contributed by atoms with van der Waals surface area (Å²) in [6, 6.07) is 5.33. The molecule has 0 saturated heterocycles. The standard InChI is InChI=1S/C21H15F3N4O3S/c1-28(21(30)26-11-2-3-14(22)10(4-11)7-25)18-9-32(31)8-17-19(18)12-5-15(23)16(24)6-13(12)20(29)27-17/h2-6,18H,8-9H2,1H3,(H,26,30)(H,27,29)/t18?,32-/m0/s1. The van der Waals surface area contributed by atoms with Crippen LogP contribution < -0.4 is 10.9 Å². The van der Waals surface area contributed by atoms with E-state index in [0.29, 0.717) is 5.56 Å². The number of nitrogens with one attached hydrogen (secondary N) is 2. The number of aromatic nitrogens is 1. The van der Waals surface area contributed by atoms with E-state index in [0.717, 1.165) is 18.2 Å². The minimum Gasteiger partial charge on any atom is -0.616 e. The lowest BCUT2D eigenvalue weighted by Gasteiger charge is -2.34. The van der Waals surface area contributed by atoms with Gasteiger partial charge >= 0.3 is 6.03 Å². The average Bonchev–Trinajstić information content (AvgIpc) is 2.75. The van der Waals surface area contributed by atoms with Crippen LogP contribution in [0.2, 0.25) is 0 Å². The van der Waals surface area contributed by atoms with Crippen LogP contribution in [0.1, 0.15) is 22.9 Å². The van der Waals surface area contributed by atoms with Crippen LogP contribution in [0.15, 0.2) is 35.1 Å². The number of carbonyl (C=O) groups is 1. The third kappa shape index (κ3) is 3.79. The number of aromatic amines is 1. The van der Waals surface area contributed by atoms with Gasteiger partial charge in [0.25, 0.3) is 5.56 Å². The van der Waals surface area contributed by atoms with Crippen molar-refractivity contribution in [2.24, 2.45) is 0 Å². The molecule has 2 heterocycles. The Labute approximate surface area is 182 Å². The molecule has 1 unspecified atom stereocenters. The normalized spacial score (nSPS) is 17.5. The highest BCUT2D eigenvalue weighted by molar-refractivity contribution is 7.90. The van der Waals surface area contributed by atoms with Crippen LogP contribution in [0.25, 0.3) is 10.8 Å². The SMILES string of the molecule is CN(C(=O)Nc1ccc(F)c(C#N)c1)C1C[S@@+]([O-])Cc2[nH]c(=O)c3cc(F)c(F)cc3c21. The Kier molecular flexibility index (Phi) is 5.58. The number of urea groups is 1. The number of H-pyrrole nitrogens is 1. The Morgan fingerprint density at radius 2 is 1.91 bits per heavy atom. The lowest BCUT2D eigenvalue weighted by Crippen LogP contribution is -2.41. The summed E-state index contributed by atoms with van der Waals surface area (Å²) in [6.45, 7) is 0. The fraction of sp³-hybridized carbons (Fsp3) is 0.190. The first-order valence-corrected chi connectivity index (χ1v) is 10.8. The summed E-state index contributed by atoms with van der Waals surface area (Å²) in [7, 11) is 1.41. The Bertz CT molecular complexity index is 1350. The predicted molar refractivity (Wildman–Crippen MR) is 112 cm³/mol. The largest absolute Gasteiger partial charge is 0.616 e. The van der Waals surface area contributed by atoms with Crippen molar-refractivity contribution < 1.29 is 22.5 Å². The smallest absolute Gasteiger partial charge is 0.322 e. The van der Waals surface area contributed by atoms with E-state index in [4.69, 9.17) is 5.26 Å². The van der Waals surface area contributed by atoms with Gasteiger partial charge in [-0.15, -0.1) is 0 Å². The van der Waals surface area contributed by atoms with Gasteiger partial charge in [0.05, 0.1) is 16.6 Å². The quantitative estimate of drug-likeness (QED) is 0.572. The van der Waals surface area contributed by atoms with Gasteiger partial charge in [-0.05, 0) is 46.9 Å². The van der Waals surface area contributed by atoms with Gasteiger partial charge in [-0.3, -0.25) is 4.79 Å². The zero-order valence-corrected chi connectivity index (χ0v) is 17.4. The molecule has 32 heavy (non-hydrogen) atoms. The lowest BCUT2D eigenvalue weighted by molar-refractivity contribution is 0.208. The predicted octanol–water partition coefficient (Wildman–Crippen LogP) is 3.28. The van der Waals surface area contributed by atoms with Gasteiger partial charge in [-0.1, -0.05) is 0 Å². The number of pyridine rings is 1. The number of rotatable bonds is 2. The molecule has 0 radical (unpaired) electrons. The van der Waals surface area contributed by atoms with Crippen LogP contribution in [0.4, 0.5) is 23.7 Å². The van der Waals surface area contributed by atoms with Gasteiger partial charge in [-0.25, -0.2) is 18.0 Å². The summed E-state index contributed by atoms with van der Waals surface area (Å²) >= 11 is -1.44. The second kappa shape index (κ2) is 8.22. The van der Waals surface area contributed by atoms with Gasteiger partial charge in [0.1, 0.15) is 29.4 Å². The molecule has 7 nitrogen and oxygen atoms in total. The first-order valence-electron chi connectivity index (χ1n) is 9.32. The van der Waals surface area contributed by atoms with Crippen LogP contribution in [-0.4, -0.2) is 33.3 Å². The van der Waals surface area contributed by atoms with Gasteiger partial charge in [0.15, 0.2) is 11.6 Å². The van der Waals surface area contributed by atoms with Crippen molar-refractivity contribution in [3.8, 4) is 6.07 Å². The topological polar surface area (TPSA) is 112 Å². The summed E-state index contributed by atoms with van der Waals surface area (Å²) < 4.78 is 53.7. The zero-order valence-electron chi connectivity index (χ0n) is 16.5. The van der Waals surface area contributed by atoms with E-state index >= 15 is 0 Å². The van der Waals surface area contributed by atoms with Crippen LogP contribution >= 0.6 is 0 Å². The summed E-state index contributed by atoms with van der Waals surface area (Å²) in [5.74, 6) is -3.08. The molecule has 2 atom stereocenters. The van der Waals surface area contributed by atoms with Gasteiger partial charge in [-0.2, -0.15) is 5.26 Å². The van der Waals surface area contributed by atoms with E-state index in [1.54, 1.807) is 6.07 Å². The van der Waals surface area contributed by atoms with Crippen molar-refractivity contribution in [2.45, 2.75) is 11.8 Å². The molecule has 1 aromatic heterocycles. The number of hydrogen-bond donors (Lipinski definition) is 2. The molecule has 1 aliphatic rings. The van der Waals surface area contributed by atoms with Crippen molar-refractivity contribution in [2.75, 3.05) is 18.1 Å². The number of anilines is 1. The maximum Gasteiger partial charge on any atom is 0.322 e. The summed E-state index contributed by atoms with van der Waals surface area (Å²) in [5.41, 5.74) is -0.103. The Morgan fingerprint density at radius 3 is 2.59 bits per heavy atom. The van der Waals surface area contributed by atoms with E-state index in [9.17, 15) is 27.3 Å². The van der Waals surface area contributed by atoms with Crippen LogP contribution in [-0.2, 0) is 16.9 Å². The number of nitriles is 1. The van der Waals surface area contributed by atoms with Crippen molar-refractivity contribution in [1.82, 2.24) is 9.88 Å². The first kappa shape index (κ1) is 21.7. The van der Waals surface area contributed by atoms with Crippen molar-refractivity contribution >= 4 is 33.7 Å². The molecule has 11 heteroatoms. The fourth-order valence-electron chi connectivity index (χ4n) is 3.71. The summed E-state index contributed by atoms with van der Waals surface area (Å²) in [6.07, 6.45) is 0. The minimum absolute atomic E-state index is 0.00389. The Morgan fingerprint density at radius 1 is 1.22 bits per heavy atom. The van der Waals surface area contributed by atoms with E-state index in [1.165, 1.54) is 24.1 Å². The molecule has 1 aliphatic heterocycles. The van der Waals surface area contributed by atoms with Crippen molar-refractivity contribution in [3.63, 3.8) is 0 Å². The monoisotopic (exact) mass is 460 g/mol. The highest BCUT2D eigenvalue weighted by Gasteiger charge is 2.36. The lowest BCUT2D eigenvalue weighted by atomic mass is 9.97. The second-order valence-corrected chi connectivity index (χ2v) is 8.77. The van der Waals surface area contributed by atoms with Crippen LogP contribution in [0.3, 0.4) is 0 Å². The fourth-order valence-corrected chi connectivity index (χ4v) is 5.12. The molecule has 0 fully saturated rings. The molecule has 164 valence electrons. The third-order valence-electron chi connectivity index (χ3n) is 5.29. The number of benzene rings is 2. The molecule has 2 N–H and O–H groups in total. The Hall–Kier alpha value is -3.49. The minimum atomic E-state index is -1.44. The molecule has 0 saturated carbocycles. The molecule has 0 bridgehead atoms.